The fourth-order valence-corrected chi connectivity index (χ4v) is 5.72. The highest BCUT2D eigenvalue weighted by atomic mass is 19.4. The molecule has 11 heteroatoms. The molecular formula is C26H30F5N3O3. The van der Waals surface area contributed by atoms with Gasteiger partial charge in [0.1, 0.15) is 0 Å². The summed E-state index contributed by atoms with van der Waals surface area (Å²) in [7, 11) is 3.07. The van der Waals surface area contributed by atoms with Gasteiger partial charge in [-0.15, -0.1) is 0 Å². The van der Waals surface area contributed by atoms with Gasteiger partial charge in [0.15, 0.2) is 23.1 Å². The van der Waals surface area contributed by atoms with Crippen LogP contribution in [-0.2, 0) is 5.41 Å². The van der Waals surface area contributed by atoms with E-state index in [1.165, 1.54) is 20.3 Å². The average molecular weight is 528 g/mol. The van der Waals surface area contributed by atoms with Crippen LogP contribution in [0, 0.1) is 11.6 Å². The molecule has 6 nitrogen and oxygen atoms in total. The first-order valence-electron chi connectivity index (χ1n) is 12.1. The predicted octanol–water partition coefficient (Wildman–Crippen LogP) is 5.62. The maximum atomic E-state index is 13.5. The van der Waals surface area contributed by atoms with Gasteiger partial charge >= 0.3 is 12.2 Å². The lowest BCUT2D eigenvalue weighted by molar-refractivity contribution is -0.138. The summed E-state index contributed by atoms with van der Waals surface area (Å²) in [5.41, 5.74) is 0.661. The van der Waals surface area contributed by atoms with Gasteiger partial charge in [-0.2, -0.15) is 13.2 Å². The molecule has 2 aromatic rings. The smallest absolute Gasteiger partial charge is 0.390 e. The quantitative estimate of drug-likeness (QED) is 0.459. The predicted molar refractivity (Wildman–Crippen MR) is 128 cm³/mol. The molecule has 2 N–H and O–H groups in total. The molecule has 1 aliphatic carbocycles. The first-order chi connectivity index (χ1) is 17.5. The Labute approximate surface area is 212 Å². The number of benzene rings is 2. The third-order valence-corrected chi connectivity index (χ3v) is 7.52. The van der Waals surface area contributed by atoms with E-state index in [0.29, 0.717) is 43.7 Å². The molecule has 0 unspecified atom stereocenters. The van der Waals surface area contributed by atoms with E-state index in [4.69, 9.17) is 9.47 Å². The first-order valence-corrected chi connectivity index (χ1v) is 12.1. The normalized spacial score (nSPS) is 23.9. The van der Waals surface area contributed by atoms with Crippen LogP contribution < -0.4 is 20.1 Å². The molecule has 2 aliphatic rings. The zero-order valence-electron chi connectivity index (χ0n) is 20.6. The Kier molecular flexibility index (Phi) is 7.82. The van der Waals surface area contributed by atoms with E-state index in [1.807, 2.05) is 17.0 Å². The Morgan fingerprint density at radius 2 is 1.81 bits per heavy atom. The van der Waals surface area contributed by atoms with E-state index >= 15 is 0 Å². The van der Waals surface area contributed by atoms with Crippen LogP contribution >= 0.6 is 0 Å². The summed E-state index contributed by atoms with van der Waals surface area (Å²) in [5.74, 6) is -0.991. The number of nitrogens with one attached hydrogen (secondary N) is 2. The summed E-state index contributed by atoms with van der Waals surface area (Å²) in [6.45, 7) is 0.375. The molecule has 37 heavy (non-hydrogen) atoms. The van der Waals surface area contributed by atoms with Crippen molar-refractivity contribution in [1.29, 1.82) is 0 Å². The van der Waals surface area contributed by atoms with Crippen LogP contribution in [0.5, 0.6) is 11.5 Å². The second-order valence-corrected chi connectivity index (χ2v) is 9.59. The molecule has 0 bridgehead atoms. The zero-order chi connectivity index (χ0) is 26.8. The van der Waals surface area contributed by atoms with Gasteiger partial charge in [0, 0.05) is 35.8 Å². The lowest BCUT2D eigenvalue weighted by atomic mass is 9.65. The Bertz CT molecular complexity index is 1130. The summed E-state index contributed by atoms with van der Waals surface area (Å²) >= 11 is 0. The second-order valence-electron chi connectivity index (χ2n) is 9.59. The molecule has 202 valence electrons. The standard InChI is InChI=1S/C26H30F5N3O3/c1-36-21-6-3-16(13-22(21)37-2)25-8-7-18(15-23(25)34(11-9-25)12-10-26(29,30)31)33-24(35)32-17-4-5-19(27)20(28)14-17/h3-6,13-14,18,23H,7-12,15H2,1-2H3,(H2,32,33,35)/t18-,23+,25-/m0/s1. The van der Waals surface area contributed by atoms with Crippen molar-refractivity contribution in [1.82, 2.24) is 10.2 Å². The van der Waals surface area contributed by atoms with E-state index in [2.05, 4.69) is 10.6 Å². The number of halogens is 5. The summed E-state index contributed by atoms with van der Waals surface area (Å²) in [6, 6.07) is 7.54. The van der Waals surface area contributed by atoms with Crippen molar-refractivity contribution in [3.63, 3.8) is 0 Å². The van der Waals surface area contributed by atoms with Crippen molar-refractivity contribution in [3.8, 4) is 11.5 Å². The van der Waals surface area contributed by atoms with Gasteiger partial charge in [0.05, 0.1) is 20.6 Å². The highest BCUT2D eigenvalue weighted by Gasteiger charge is 2.52. The van der Waals surface area contributed by atoms with Crippen LogP contribution in [0.3, 0.4) is 0 Å². The van der Waals surface area contributed by atoms with Gasteiger partial charge in [-0.3, -0.25) is 4.90 Å². The van der Waals surface area contributed by atoms with Crippen molar-refractivity contribution in [2.24, 2.45) is 0 Å². The number of amides is 2. The topological polar surface area (TPSA) is 62.8 Å². The number of urea groups is 1. The van der Waals surface area contributed by atoms with Gasteiger partial charge in [-0.25, -0.2) is 13.6 Å². The number of rotatable bonds is 7. The minimum atomic E-state index is -4.27. The molecule has 1 saturated heterocycles. The number of hydrogen-bond donors (Lipinski definition) is 2. The van der Waals surface area contributed by atoms with Crippen LogP contribution in [0.4, 0.5) is 32.4 Å². The Hall–Kier alpha value is -3.08. The maximum absolute atomic E-state index is 13.5. The Morgan fingerprint density at radius 1 is 1.05 bits per heavy atom. The fraction of sp³-hybridized carbons (Fsp3) is 0.500. The monoisotopic (exact) mass is 527 g/mol. The fourth-order valence-electron chi connectivity index (χ4n) is 5.72. The third-order valence-electron chi connectivity index (χ3n) is 7.52. The molecule has 1 saturated carbocycles. The molecule has 1 aliphatic heterocycles. The van der Waals surface area contributed by atoms with Gasteiger partial charge in [0.2, 0.25) is 0 Å². The van der Waals surface area contributed by atoms with Crippen molar-refractivity contribution in [2.45, 2.75) is 55.8 Å². The largest absolute Gasteiger partial charge is 0.493 e. The molecule has 2 fully saturated rings. The number of anilines is 1. The van der Waals surface area contributed by atoms with Crippen LogP contribution in [0.1, 0.15) is 37.7 Å². The molecule has 3 atom stereocenters. The number of nitrogens with zero attached hydrogens (tertiary/aromatic N) is 1. The van der Waals surface area contributed by atoms with Crippen LogP contribution in [-0.4, -0.2) is 56.5 Å². The van der Waals surface area contributed by atoms with Gasteiger partial charge < -0.3 is 20.1 Å². The molecule has 0 radical (unpaired) electrons. The SMILES string of the molecule is COc1ccc([C@@]23CC[C@H](NC(=O)Nc4ccc(F)c(F)c4)C[C@H]2N(CCC(F)(F)F)CC3)cc1OC. The molecule has 0 spiro atoms. The molecule has 2 amide bonds. The molecule has 4 rings (SSSR count). The number of methoxy groups -OCH3 is 2. The molecule has 2 aromatic carbocycles. The van der Waals surface area contributed by atoms with Crippen LogP contribution in [0.15, 0.2) is 36.4 Å². The number of carbonyl (C=O) groups is 1. The van der Waals surface area contributed by atoms with Crippen LogP contribution in [0.25, 0.3) is 0 Å². The first kappa shape index (κ1) is 27.0. The van der Waals surface area contributed by atoms with E-state index in [9.17, 15) is 26.7 Å². The molecule has 0 aromatic heterocycles. The Morgan fingerprint density at radius 3 is 2.49 bits per heavy atom. The van der Waals surface area contributed by atoms with E-state index in [0.717, 1.165) is 17.7 Å². The molecular weight excluding hydrogens is 497 g/mol. The van der Waals surface area contributed by atoms with Crippen molar-refractivity contribution >= 4 is 11.7 Å². The maximum Gasteiger partial charge on any atom is 0.390 e. The lowest BCUT2D eigenvalue weighted by Crippen LogP contribution is -2.53. The van der Waals surface area contributed by atoms with Crippen molar-refractivity contribution < 1.29 is 36.2 Å². The van der Waals surface area contributed by atoms with E-state index in [1.54, 1.807) is 6.07 Å². The van der Waals surface area contributed by atoms with Gasteiger partial charge in [-0.1, -0.05) is 6.07 Å². The molecule has 1 heterocycles. The Balaban J connectivity index is 1.54. The van der Waals surface area contributed by atoms with Crippen molar-refractivity contribution in [2.75, 3.05) is 32.6 Å². The number of likely N-dealkylation sites (tertiary alicyclic amines) is 1. The number of hydrogen-bond acceptors (Lipinski definition) is 4. The van der Waals surface area contributed by atoms with Gasteiger partial charge in [0.25, 0.3) is 0 Å². The lowest BCUT2D eigenvalue weighted by Gasteiger charge is -2.45. The summed E-state index contributed by atoms with van der Waals surface area (Å²) < 4.78 is 76.7. The van der Waals surface area contributed by atoms with Crippen LogP contribution in [0.2, 0.25) is 0 Å². The van der Waals surface area contributed by atoms with E-state index in [-0.39, 0.29) is 24.3 Å². The van der Waals surface area contributed by atoms with E-state index < -0.39 is 35.7 Å². The zero-order valence-corrected chi connectivity index (χ0v) is 20.6. The highest BCUT2D eigenvalue weighted by molar-refractivity contribution is 5.89. The number of fused-ring (bicyclic) bond motifs is 1. The average Bonchev–Trinajstić information content (AvgIpc) is 3.23. The summed E-state index contributed by atoms with van der Waals surface area (Å²) in [5, 5.41) is 5.35. The highest BCUT2D eigenvalue weighted by Crippen LogP contribution is 2.50. The minimum Gasteiger partial charge on any atom is -0.493 e. The minimum absolute atomic E-state index is 0.0968. The van der Waals surface area contributed by atoms with Crippen molar-refractivity contribution in [3.05, 3.63) is 53.6 Å². The number of ether oxygens (including phenoxy) is 2. The summed E-state index contributed by atoms with van der Waals surface area (Å²) in [6.07, 6.45) is -2.82. The second kappa shape index (κ2) is 10.7. The number of alkyl halides is 3. The summed E-state index contributed by atoms with van der Waals surface area (Å²) in [4.78, 5) is 14.4. The third kappa shape index (κ3) is 5.92. The van der Waals surface area contributed by atoms with Gasteiger partial charge in [-0.05, 0) is 62.1 Å². The number of carbonyl (C=O) groups excluding carboxylic acids is 1.